The van der Waals surface area contributed by atoms with Gasteiger partial charge in [-0.1, -0.05) is 18.2 Å². The predicted octanol–water partition coefficient (Wildman–Crippen LogP) is 4.59. The van der Waals surface area contributed by atoms with Crippen LogP contribution < -0.4 is 10.5 Å². The van der Waals surface area contributed by atoms with E-state index in [1.165, 1.54) is 22.6 Å². The maximum Gasteiger partial charge on any atom is 0.260 e. The van der Waals surface area contributed by atoms with Gasteiger partial charge in [0.15, 0.2) is 0 Å². The molecule has 5 nitrogen and oxygen atoms in total. The van der Waals surface area contributed by atoms with E-state index < -0.39 is 0 Å². The fraction of sp³-hybridized carbons (Fsp3) is 0.238. The first-order valence-electron chi connectivity index (χ1n) is 9.09. The van der Waals surface area contributed by atoms with Crippen molar-refractivity contribution in [3.05, 3.63) is 69.8 Å². The molecule has 1 N–H and O–H groups in total. The van der Waals surface area contributed by atoms with Crippen molar-refractivity contribution in [2.45, 2.75) is 32.4 Å². The minimum absolute atomic E-state index is 0.111. The Labute approximate surface area is 160 Å². The molecule has 5 rings (SSSR count). The minimum Gasteiger partial charge on any atom is -0.464 e. The summed E-state index contributed by atoms with van der Waals surface area (Å²) < 4.78 is 5.46. The quantitative estimate of drug-likeness (QED) is 0.567. The lowest BCUT2D eigenvalue weighted by atomic mass is 9.96. The van der Waals surface area contributed by atoms with Crippen molar-refractivity contribution in [2.24, 2.45) is 0 Å². The Balaban J connectivity index is 1.54. The molecule has 1 aliphatic heterocycles. The Morgan fingerprint density at radius 3 is 3.04 bits per heavy atom. The summed E-state index contributed by atoms with van der Waals surface area (Å²) >= 11 is 1.48. The molecule has 1 aromatic carbocycles. The molecule has 3 aromatic heterocycles. The lowest BCUT2D eigenvalue weighted by molar-refractivity contribution is 0.552. The number of nitrogens with one attached hydrogen (secondary N) is 1. The van der Waals surface area contributed by atoms with Crippen LogP contribution in [0.5, 0.6) is 0 Å². The Bertz CT molecular complexity index is 1160. The third kappa shape index (κ3) is 2.77. The van der Waals surface area contributed by atoms with Crippen molar-refractivity contribution >= 4 is 27.2 Å². The maximum atomic E-state index is 12.8. The fourth-order valence-electron chi connectivity index (χ4n) is 3.84. The number of aryl methyl sites for hydroxylation is 1. The molecular formula is C21H19N3O2S. The Hall–Kier alpha value is -2.86. The van der Waals surface area contributed by atoms with Gasteiger partial charge in [0, 0.05) is 22.7 Å². The molecule has 0 bridgehead atoms. The van der Waals surface area contributed by atoms with E-state index in [0.717, 1.165) is 23.2 Å². The number of thiophene rings is 1. The van der Waals surface area contributed by atoms with Crippen LogP contribution in [-0.4, -0.2) is 16.0 Å². The molecule has 1 aliphatic rings. The summed E-state index contributed by atoms with van der Waals surface area (Å²) in [5.41, 5.74) is 3.29. The zero-order valence-electron chi connectivity index (χ0n) is 14.9. The summed E-state index contributed by atoms with van der Waals surface area (Å²) in [5.74, 6) is 1.39. The van der Waals surface area contributed by atoms with Crippen molar-refractivity contribution < 1.29 is 4.42 Å². The maximum absolute atomic E-state index is 12.8. The van der Waals surface area contributed by atoms with E-state index in [0.29, 0.717) is 29.6 Å². The average Bonchev–Trinajstić information content (AvgIpc) is 3.33. The summed E-state index contributed by atoms with van der Waals surface area (Å²) in [6.45, 7) is 2.82. The number of rotatable bonds is 3. The van der Waals surface area contributed by atoms with Gasteiger partial charge in [0.25, 0.3) is 5.56 Å². The molecule has 4 heterocycles. The predicted molar refractivity (Wildman–Crippen MR) is 108 cm³/mol. The van der Waals surface area contributed by atoms with Gasteiger partial charge in [-0.3, -0.25) is 4.79 Å². The molecule has 6 heteroatoms. The number of benzene rings is 1. The highest BCUT2D eigenvalue weighted by atomic mass is 32.1. The van der Waals surface area contributed by atoms with Crippen molar-refractivity contribution in [3.63, 3.8) is 0 Å². The smallest absolute Gasteiger partial charge is 0.260 e. The highest BCUT2D eigenvalue weighted by Crippen LogP contribution is 2.33. The second kappa shape index (κ2) is 6.39. The van der Waals surface area contributed by atoms with Crippen LogP contribution in [0.25, 0.3) is 21.5 Å². The summed E-state index contributed by atoms with van der Waals surface area (Å²) in [6.07, 6.45) is 3.81. The normalized spacial score (nSPS) is 16.6. The van der Waals surface area contributed by atoms with Gasteiger partial charge >= 0.3 is 0 Å². The first kappa shape index (κ1) is 16.3. The number of furan rings is 1. The Morgan fingerprint density at radius 1 is 1.30 bits per heavy atom. The Kier molecular flexibility index (Phi) is 3.86. The number of fused-ring (bicyclic) bond motifs is 2. The van der Waals surface area contributed by atoms with Crippen LogP contribution in [0.4, 0.5) is 5.69 Å². The zero-order valence-corrected chi connectivity index (χ0v) is 15.8. The van der Waals surface area contributed by atoms with Crippen LogP contribution in [0, 0.1) is 0 Å². The highest BCUT2D eigenvalue weighted by Gasteiger charge is 2.24. The highest BCUT2D eigenvalue weighted by molar-refractivity contribution is 7.17. The van der Waals surface area contributed by atoms with Crippen LogP contribution in [0.1, 0.15) is 24.7 Å². The lowest BCUT2D eigenvalue weighted by Gasteiger charge is -2.36. The number of nitrogens with zero attached hydrogens (tertiary/aromatic N) is 2. The van der Waals surface area contributed by atoms with E-state index in [9.17, 15) is 4.79 Å². The molecule has 136 valence electrons. The van der Waals surface area contributed by atoms with Crippen molar-refractivity contribution in [3.8, 4) is 11.3 Å². The van der Waals surface area contributed by atoms with Gasteiger partial charge in [-0.15, -0.1) is 11.3 Å². The molecule has 4 aromatic rings. The van der Waals surface area contributed by atoms with Crippen LogP contribution >= 0.6 is 11.3 Å². The number of hydrogen-bond donors (Lipinski definition) is 1. The van der Waals surface area contributed by atoms with E-state index in [4.69, 9.17) is 9.40 Å². The molecule has 0 spiro atoms. The van der Waals surface area contributed by atoms with E-state index in [-0.39, 0.29) is 5.56 Å². The summed E-state index contributed by atoms with van der Waals surface area (Å²) in [4.78, 5) is 23.6. The Morgan fingerprint density at radius 2 is 2.19 bits per heavy atom. The van der Waals surface area contributed by atoms with E-state index in [1.54, 1.807) is 6.26 Å². The molecule has 0 fully saturated rings. The van der Waals surface area contributed by atoms with E-state index in [1.807, 2.05) is 17.5 Å². The van der Waals surface area contributed by atoms with Crippen LogP contribution in [-0.2, 0) is 13.0 Å². The molecule has 1 atom stereocenters. The third-order valence-electron chi connectivity index (χ3n) is 5.26. The van der Waals surface area contributed by atoms with Gasteiger partial charge in [0.1, 0.15) is 16.4 Å². The number of anilines is 1. The molecule has 0 unspecified atom stereocenters. The second-order valence-corrected chi connectivity index (χ2v) is 7.82. The second-order valence-electron chi connectivity index (χ2n) is 6.96. The number of hydrogen-bond acceptors (Lipinski definition) is 5. The molecule has 0 saturated heterocycles. The summed E-state index contributed by atoms with van der Waals surface area (Å²) in [6, 6.07) is 12.6. The third-order valence-corrected chi connectivity index (χ3v) is 6.14. The lowest BCUT2D eigenvalue weighted by Crippen LogP contribution is -2.37. The minimum atomic E-state index is -0.111. The van der Waals surface area contributed by atoms with Gasteiger partial charge in [-0.2, -0.15) is 0 Å². The molecule has 27 heavy (non-hydrogen) atoms. The summed E-state index contributed by atoms with van der Waals surface area (Å²) in [7, 11) is 0. The SMILES string of the molecule is C[C@@H]1CCc2ccccc2N1Cc1nc2scc(-c3ccco3)c2c(=O)[nH]1. The number of aromatic amines is 1. The average molecular weight is 377 g/mol. The van der Waals surface area contributed by atoms with Gasteiger partial charge in [-0.25, -0.2) is 4.98 Å². The van der Waals surface area contributed by atoms with Gasteiger partial charge in [0.05, 0.1) is 18.2 Å². The molecular weight excluding hydrogens is 358 g/mol. The number of H-pyrrole nitrogens is 1. The topological polar surface area (TPSA) is 62.1 Å². The summed E-state index contributed by atoms with van der Waals surface area (Å²) in [5, 5.41) is 2.54. The first-order chi connectivity index (χ1) is 13.2. The van der Waals surface area contributed by atoms with Crippen LogP contribution in [0.2, 0.25) is 0 Å². The van der Waals surface area contributed by atoms with Crippen LogP contribution in [0.15, 0.2) is 57.3 Å². The van der Waals surface area contributed by atoms with Crippen LogP contribution in [0.3, 0.4) is 0 Å². The molecule has 0 aliphatic carbocycles. The van der Waals surface area contributed by atoms with Crippen molar-refractivity contribution in [2.75, 3.05) is 4.90 Å². The monoisotopic (exact) mass is 377 g/mol. The van der Waals surface area contributed by atoms with E-state index in [2.05, 4.69) is 41.1 Å². The number of aromatic nitrogens is 2. The molecule has 0 radical (unpaired) electrons. The van der Waals surface area contributed by atoms with Crippen molar-refractivity contribution in [1.29, 1.82) is 0 Å². The standard InChI is InChI=1S/C21H19N3O2S/c1-13-8-9-14-5-2-3-6-16(14)24(13)11-18-22-20(25)19-15(12-27-21(19)23-18)17-7-4-10-26-17/h2-7,10,12-13H,8-9,11H2,1H3,(H,22,23,25)/t13-/m1/s1. The van der Waals surface area contributed by atoms with Gasteiger partial charge in [-0.05, 0) is 43.5 Å². The zero-order chi connectivity index (χ0) is 18.4. The first-order valence-corrected chi connectivity index (χ1v) is 9.97. The van der Waals surface area contributed by atoms with Gasteiger partial charge < -0.3 is 14.3 Å². The molecule has 0 amide bonds. The fourth-order valence-corrected chi connectivity index (χ4v) is 4.79. The number of para-hydroxylation sites is 1. The molecule has 0 saturated carbocycles. The largest absolute Gasteiger partial charge is 0.464 e. The van der Waals surface area contributed by atoms with Crippen molar-refractivity contribution in [1.82, 2.24) is 9.97 Å². The van der Waals surface area contributed by atoms with Gasteiger partial charge in [0.2, 0.25) is 0 Å². The van der Waals surface area contributed by atoms with E-state index >= 15 is 0 Å².